The van der Waals surface area contributed by atoms with E-state index in [-0.39, 0.29) is 16.8 Å². The monoisotopic (exact) mass is 399 g/mol. The summed E-state index contributed by atoms with van der Waals surface area (Å²) in [6.45, 7) is 0. The van der Waals surface area contributed by atoms with E-state index in [9.17, 15) is 14.4 Å². The first-order valence-corrected chi connectivity index (χ1v) is 8.44. The van der Waals surface area contributed by atoms with Gasteiger partial charge < -0.3 is 24.3 Å². The summed E-state index contributed by atoms with van der Waals surface area (Å²) in [7, 11) is 5.50. The molecule has 0 aliphatic rings. The number of esters is 2. The third-order valence-electron chi connectivity index (χ3n) is 3.84. The molecule has 8 heteroatoms. The highest BCUT2D eigenvalue weighted by Crippen LogP contribution is 2.23. The molecule has 1 amide bonds. The van der Waals surface area contributed by atoms with Gasteiger partial charge in [0.25, 0.3) is 0 Å². The van der Waals surface area contributed by atoms with E-state index < -0.39 is 17.8 Å². The molecule has 2 aromatic carbocycles. The molecule has 0 heterocycles. The molecule has 1 N–H and O–H groups in total. The normalized spacial score (nSPS) is 10.3. The van der Waals surface area contributed by atoms with Crippen LogP contribution >= 0.6 is 0 Å². The van der Waals surface area contributed by atoms with Crippen LogP contribution in [-0.2, 0) is 14.3 Å². The minimum atomic E-state index is -0.648. The number of carbonyl (C=O) groups excluding carboxylic acids is 3. The number of carbonyl (C=O) groups is 3. The number of hydrogen-bond acceptors (Lipinski definition) is 7. The number of hydrogen-bond donors (Lipinski definition) is 1. The van der Waals surface area contributed by atoms with E-state index >= 15 is 0 Å². The maximum Gasteiger partial charge on any atom is 0.337 e. The number of ether oxygens (including phenoxy) is 4. The van der Waals surface area contributed by atoms with Crippen LogP contribution in [0.3, 0.4) is 0 Å². The third-order valence-corrected chi connectivity index (χ3v) is 3.84. The van der Waals surface area contributed by atoms with E-state index in [1.165, 1.54) is 52.7 Å². The molecule has 2 aromatic rings. The Bertz CT molecular complexity index is 894. The highest BCUT2D eigenvalue weighted by Gasteiger charge is 2.14. The van der Waals surface area contributed by atoms with Gasteiger partial charge in [0.05, 0.1) is 39.6 Å². The van der Waals surface area contributed by atoms with E-state index in [1.54, 1.807) is 24.3 Å². The zero-order chi connectivity index (χ0) is 21.4. The summed E-state index contributed by atoms with van der Waals surface area (Å²) in [6.07, 6.45) is 2.88. The van der Waals surface area contributed by atoms with Crippen LogP contribution in [-0.4, -0.2) is 46.3 Å². The summed E-state index contributed by atoms with van der Waals surface area (Å²) in [4.78, 5) is 35.9. The van der Waals surface area contributed by atoms with Gasteiger partial charge in [0.1, 0.15) is 11.5 Å². The number of nitrogens with one attached hydrogen (secondary N) is 1. The van der Waals surface area contributed by atoms with Crippen molar-refractivity contribution in [3.63, 3.8) is 0 Å². The minimum Gasteiger partial charge on any atom is -0.497 e. The largest absolute Gasteiger partial charge is 0.497 e. The number of methoxy groups -OCH3 is 4. The Hall–Kier alpha value is -3.81. The maximum atomic E-state index is 12.3. The summed E-state index contributed by atoms with van der Waals surface area (Å²) in [5.74, 6) is -0.601. The molecular weight excluding hydrogens is 378 g/mol. The fourth-order valence-electron chi connectivity index (χ4n) is 2.45. The van der Waals surface area contributed by atoms with Gasteiger partial charge in [-0.05, 0) is 42.0 Å². The average molecular weight is 399 g/mol. The number of amides is 1. The highest BCUT2D eigenvalue weighted by atomic mass is 16.5. The summed E-state index contributed by atoms with van der Waals surface area (Å²) in [6, 6.07) is 9.31. The van der Waals surface area contributed by atoms with Crippen molar-refractivity contribution in [3.8, 4) is 11.5 Å². The molecule has 29 heavy (non-hydrogen) atoms. The first kappa shape index (κ1) is 21.5. The third kappa shape index (κ3) is 5.83. The smallest absolute Gasteiger partial charge is 0.337 e. The molecule has 8 nitrogen and oxygen atoms in total. The Kier molecular flexibility index (Phi) is 7.36. The van der Waals surface area contributed by atoms with Crippen molar-refractivity contribution >= 4 is 29.6 Å². The molecule has 0 radical (unpaired) electrons. The van der Waals surface area contributed by atoms with Gasteiger partial charge in [0.15, 0.2) is 0 Å². The van der Waals surface area contributed by atoms with Gasteiger partial charge in [-0.25, -0.2) is 9.59 Å². The lowest BCUT2D eigenvalue weighted by atomic mass is 10.1. The molecule has 0 unspecified atom stereocenters. The van der Waals surface area contributed by atoms with Crippen LogP contribution in [0.5, 0.6) is 11.5 Å². The highest BCUT2D eigenvalue weighted by molar-refractivity contribution is 6.04. The van der Waals surface area contributed by atoms with Crippen LogP contribution in [0.2, 0.25) is 0 Å². The van der Waals surface area contributed by atoms with E-state index in [0.717, 1.165) is 0 Å². The predicted octanol–water partition coefficient (Wildman–Crippen LogP) is 2.93. The van der Waals surface area contributed by atoms with Gasteiger partial charge in [-0.2, -0.15) is 0 Å². The van der Waals surface area contributed by atoms with Gasteiger partial charge >= 0.3 is 11.9 Å². The summed E-state index contributed by atoms with van der Waals surface area (Å²) in [5, 5.41) is 2.60. The van der Waals surface area contributed by atoms with E-state index in [4.69, 9.17) is 9.47 Å². The molecule has 0 bridgehead atoms. The molecule has 152 valence electrons. The average Bonchev–Trinajstić information content (AvgIpc) is 2.75. The van der Waals surface area contributed by atoms with Crippen LogP contribution in [0.1, 0.15) is 26.3 Å². The molecule has 0 saturated carbocycles. The van der Waals surface area contributed by atoms with Gasteiger partial charge in [0.2, 0.25) is 5.91 Å². The molecule has 0 aromatic heterocycles. The van der Waals surface area contributed by atoms with Gasteiger partial charge in [-0.3, -0.25) is 4.79 Å². The fraction of sp³-hybridized carbons (Fsp3) is 0.190. The van der Waals surface area contributed by atoms with E-state index in [0.29, 0.717) is 17.1 Å². The SMILES string of the molecule is COC(=O)c1cc(NC(=O)/C=C/c2cc(OC)cc(OC)c2)cc(C(=O)OC)c1. The van der Waals surface area contributed by atoms with Crippen molar-refractivity contribution in [1.29, 1.82) is 0 Å². The second-order valence-electron chi connectivity index (χ2n) is 5.75. The number of anilines is 1. The zero-order valence-electron chi connectivity index (χ0n) is 16.5. The Morgan fingerprint density at radius 1 is 0.759 bits per heavy atom. The maximum absolute atomic E-state index is 12.3. The molecular formula is C21H21NO7. The van der Waals surface area contributed by atoms with Crippen LogP contribution in [0.4, 0.5) is 5.69 Å². The molecule has 0 atom stereocenters. The van der Waals surface area contributed by atoms with Crippen LogP contribution in [0, 0.1) is 0 Å². The quantitative estimate of drug-likeness (QED) is 0.564. The van der Waals surface area contributed by atoms with Crippen LogP contribution in [0.15, 0.2) is 42.5 Å². The van der Waals surface area contributed by atoms with Gasteiger partial charge in [-0.15, -0.1) is 0 Å². The molecule has 0 saturated heterocycles. The Labute approximate surface area is 168 Å². The lowest BCUT2D eigenvalue weighted by Gasteiger charge is -2.08. The zero-order valence-corrected chi connectivity index (χ0v) is 16.5. The Balaban J connectivity index is 2.24. The van der Waals surface area contributed by atoms with Crippen molar-refractivity contribution in [3.05, 3.63) is 59.2 Å². The van der Waals surface area contributed by atoms with E-state index in [1.807, 2.05) is 0 Å². The standard InChI is InChI=1S/C21H21NO7/c1-26-17-7-13(8-18(12-17)27-2)5-6-19(23)22-16-10-14(20(24)28-3)9-15(11-16)21(25)29-4/h5-12H,1-4H3,(H,22,23)/b6-5+. The molecule has 0 fully saturated rings. The van der Waals surface area contributed by atoms with Crippen molar-refractivity contribution in [1.82, 2.24) is 0 Å². The lowest BCUT2D eigenvalue weighted by Crippen LogP contribution is -2.12. The summed E-state index contributed by atoms with van der Waals surface area (Å²) >= 11 is 0. The van der Waals surface area contributed by atoms with Crippen molar-refractivity contribution in [2.45, 2.75) is 0 Å². The van der Waals surface area contributed by atoms with Crippen LogP contribution < -0.4 is 14.8 Å². The van der Waals surface area contributed by atoms with Crippen molar-refractivity contribution in [2.24, 2.45) is 0 Å². The first-order chi connectivity index (χ1) is 13.9. The first-order valence-electron chi connectivity index (χ1n) is 8.44. The van der Waals surface area contributed by atoms with Crippen molar-refractivity contribution in [2.75, 3.05) is 33.8 Å². The number of benzene rings is 2. The second kappa shape index (κ2) is 9.93. The van der Waals surface area contributed by atoms with E-state index in [2.05, 4.69) is 14.8 Å². The van der Waals surface area contributed by atoms with Crippen molar-refractivity contribution < 1.29 is 33.3 Å². The minimum absolute atomic E-state index is 0.104. The predicted molar refractivity (Wildman–Crippen MR) is 106 cm³/mol. The molecule has 0 aliphatic carbocycles. The lowest BCUT2D eigenvalue weighted by molar-refractivity contribution is -0.111. The number of rotatable bonds is 7. The second-order valence-corrected chi connectivity index (χ2v) is 5.75. The molecule has 0 aliphatic heterocycles. The van der Waals surface area contributed by atoms with Gasteiger partial charge in [-0.1, -0.05) is 0 Å². The topological polar surface area (TPSA) is 100 Å². The fourth-order valence-corrected chi connectivity index (χ4v) is 2.45. The summed E-state index contributed by atoms with van der Waals surface area (Å²) < 4.78 is 19.7. The van der Waals surface area contributed by atoms with Gasteiger partial charge in [0, 0.05) is 17.8 Å². The Morgan fingerprint density at radius 3 is 1.72 bits per heavy atom. The summed E-state index contributed by atoms with van der Waals surface area (Å²) in [5.41, 5.74) is 1.14. The molecule has 0 spiro atoms. The van der Waals surface area contributed by atoms with Crippen LogP contribution in [0.25, 0.3) is 6.08 Å². The molecule has 2 rings (SSSR count). The Morgan fingerprint density at radius 2 is 1.28 bits per heavy atom.